The highest BCUT2D eigenvalue weighted by Crippen LogP contribution is 2.38. The minimum absolute atomic E-state index is 0.244. The first kappa shape index (κ1) is 21.7. The molecule has 5 nitrogen and oxygen atoms in total. The van der Waals surface area contributed by atoms with E-state index in [1.54, 1.807) is 60.7 Å². The Kier molecular flexibility index (Phi) is 5.73. The molecular formula is C23H20Cl2N2O3S. The van der Waals surface area contributed by atoms with E-state index in [9.17, 15) is 13.2 Å². The zero-order chi connectivity index (χ0) is 22.3. The zero-order valence-electron chi connectivity index (χ0n) is 16.9. The summed E-state index contributed by atoms with van der Waals surface area (Å²) in [5.74, 6) is -0.370. The van der Waals surface area contributed by atoms with Crippen LogP contribution >= 0.6 is 23.2 Å². The number of sulfonamides is 1. The van der Waals surface area contributed by atoms with Crippen molar-refractivity contribution in [2.24, 2.45) is 0 Å². The van der Waals surface area contributed by atoms with E-state index in [-0.39, 0.29) is 16.8 Å². The van der Waals surface area contributed by atoms with Gasteiger partial charge >= 0.3 is 0 Å². The monoisotopic (exact) mass is 474 g/mol. The molecule has 0 bridgehead atoms. The maximum atomic E-state index is 13.3. The normalized spacial score (nSPS) is 15.6. The molecule has 1 aliphatic heterocycles. The Balaban J connectivity index is 1.65. The van der Waals surface area contributed by atoms with E-state index in [1.807, 2.05) is 13.8 Å². The van der Waals surface area contributed by atoms with Crippen molar-refractivity contribution in [3.05, 3.63) is 87.4 Å². The molecule has 0 spiro atoms. The minimum Gasteiger partial charge on any atom is -0.319 e. The Morgan fingerprint density at radius 3 is 2.32 bits per heavy atom. The van der Waals surface area contributed by atoms with Crippen molar-refractivity contribution in [3.8, 4) is 0 Å². The summed E-state index contributed by atoms with van der Waals surface area (Å²) in [6.45, 7) is 3.77. The summed E-state index contributed by atoms with van der Waals surface area (Å²) in [6, 6.07) is 16.5. The first-order chi connectivity index (χ1) is 14.7. The first-order valence-electron chi connectivity index (χ1n) is 9.68. The highest BCUT2D eigenvalue weighted by molar-refractivity contribution is 7.92. The number of carbonyl (C=O) groups is 1. The van der Waals surface area contributed by atoms with Gasteiger partial charge in [0.1, 0.15) is 0 Å². The van der Waals surface area contributed by atoms with E-state index in [0.717, 1.165) is 11.1 Å². The number of carbonyl (C=O) groups excluding carboxylic acids is 1. The number of amides is 1. The smallest absolute Gasteiger partial charge is 0.264 e. The van der Waals surface area contributed by atoms with Gasteiger partial charge in [-0.05, 0) is 68.3 Å². The van der Waals surface area contributed by atoms with Gasteiger partial charge in [0.25, 0.3) is 15.9 Å². The van der Waals surface area contributed by atoms with E-state index < -0.39 is 10.0 Å². The van der Waals surface area contributed by atoms with Crippen molar-refractivity contribution in [2.45, 2.75) is 31.2 Å². The van der Waals surface area contributed by atoms with Gasteiger partial charge in [-0.3, -0.25) is 9.10 Å². The quantitative estimate of drug-likeness (QED) is 0.527. The van der Waals surface area contributed by atoms with Crippen molar-refractivity contribution in [1.82, 2.24) is 0 Å². The maximum Gasteiger partial charge on any atom is 0.264 e. The molecule has 0 aromatic heterocycles. The van der Waals surface area contributed by atoms with Crippen LogP contribution in [0.25, 0.3) is 0 Å². The van der Waals surface area contributed by atoms with Gasteiger partial charge in [-0.15, -0.1) is 0 Å². The molecule has 3 aromatic rings. The minimum atomic E-state index is -3.71. The summed E-state index contributed by atoms with van der Waals surface area (Å²) in [5.41, 5.74) is 3.11. The topological polar surface area (TPSA) is 66.5 Å². The van der Waals surface area contributed by atoms with Crippen LogP contribution in [0.5, 0.6) is 0 Å². The van der Waals surface area contributed by atoms with Gasteiger partial charge in [0, 0.05) is 11.6 Å². The molecule has 0 saturated carbocycles. The molecule has 1 amide bonds. The second-order valence-corrected chi connectivity index (χ2v) is 10.2. The van der Waals surface area contributed by atoms with Gasteiger partial charge in [-0.2, -0.15) is 0 Å². The summed E-state index contributed by atoms with van der Waals surface area (Å²) in [4.78, 5) is 13.0. The lowest BCUT2D eigenvalue weighted by Gasteiger charge is -2.24. The van der Waals surface area contributed by atoms with Crippen LogP contribution in [0, 0.1) is 6.92 Å². The molecular weight excluding hydrogens is 455 g/mol. The summed E-state index contributed by atoms with van der Waals surface area (Å²) in [7, 11) is -3.71. The number of nitrogens with zero attached hydrogens (tertiary/aromatic N) is 1. The van der Waals surface area contributed by atoms with Crippen molar-refractivity contribution in [1.29, 1.82) is 0 Å². The Labute approximate surface area is 191 Å². The predicted octanol–water partition coefficient (Wildman–Crippen LogP) is 5.69. The Morgan fingerprint density at radius 2 is 1.68 bits per heavy atom. The third kappa shape index (κ3) is 4.03. The molecule has 1 aliphatic rings. The standard InChI is InChI=1S/C23H20Cl2N2O3S/c1-14-6-9-18(10-7-14)31(29,30)27-15(2)12-17-13-16(8-11-21(17)27)23(28)26-22-19(24)4-3-5-20(22)25/h3-11,13,15H,12H2,1-2H3,(H,26,28)/t15-/m1/s1. The SMILES string of the molecule is Cc1ccc(S(=O)(=O)N2c3ccc(C(=O)Nc4c(Cl)cccc4Cl)cc3C[C@H]2C)cc1. The largest absolute Gasteiger partial charge is 0.319 e. The number of halogens is 2. The molecule has 4 rings (SSSR count). The van der Waals surface area contributed by atoms with Crippen LogP contribution in [0.2, 0.25) is 10.0 Å². The number of hydrogen-bond acceptors (Lipinski definition) is 3. The van der Waals surface area contributed by atoms with Crippen LogP contribution in [0.3, 0.4) is 0 Å². The molecule has 1 N–H and O–H groups in total. The second kappa shape index (κ2) is 8.19. The summed E-state index contributed by atoms with van der Waals surface area (Å²) in [6.07, 6.45) is 0.508. The van der Waals surface area contributed by atoms with Crippen LogP contribution in [-0.4, -0.2) is 20.4 Å². The third-order valence-corrected chi connectivity index (χ3v) is 7.85. The lowest BCUT2D eigenvalue weighted by Crippen LogP contribution is -2.35. The fourth-order valence-electron chi connectivity index (χ4n) is 3.74. The number of rotatable bonds is 4. The van der Waals surface area contributed by atoms with Crippen LogP contribution < -0.4 is 9.62 Å². The molecule has 31 heavy (non-hydrogen) atoms. The van der Waals surface area contributed by atoms with Gasteiger partial charge < -0.3 is 5.32 Å². The fourth-order valence-corrected chi connectivity index (χ4v) is 5.92. The number of fused-ring (bicyclic) bond motifs is 1. The third-order valence-electron chi connectivity index (χ3n) is 5.27. The fraction of sp³-hybridized carbons (Fsp3) is 0.174. The molecule has 0 radical (unpaired) electrons. The number of aryl methyl sites for hydroxylation is 1. The van der Waals surface area contributed by atoms with Gasteiger partial charge in [-0.25, -0.2) is 8.42 Å². The molecule has 0 fully saturated rings. The number of nitrogens with one attached hydrogen (secondary N) is 1. The molecule has 0 unspecified atom stereocenters. The number of benzene rings is 3. The van der Waals surface area contributed by atoms with Gasteiger partial charge in [-0.1, -0.05) is 47.0 Å². The molecule has 3 aromatic carbocycles. The molecule has 1 atom stereocenters. The number of hydrogen-bond donors (Lipinski definition) is 1. The Hall–Kier alpha value is -2.54. The van der Waals surface area contributed by atoms with Crippen LogP contribution in [0.15, 0.2) is 65.6 Å². The van der Waals surface area contributed by atoms with Crippen molar-refractivity contribution >= 4 is 50.5 Å². The molecule has 0 aliphatic carbocycles. The van der Waals surface area contributed by atoms with E-state index in [2.05, 4.69) is 5.32 Å². The Bertz CT molecular complexity index is 1250. The van der Waals surface area contributed by atoms with E-state index in [1.165, 1.54) is 4.31 Å². The summed E-state index contributed by atoms with van der Waals surface area (Å²) < 4.78 is 28.0. The van der Waals surface area contributed by atoms with Crippen molar-refractivity contribution in [2.75, 3.05) is 9.62 Å². The maximum absolute atomic E-state index is 13.3. The van der Waals surface area contributed by atoms with Crippen molar-refractivity contribution < 1.29 is 13.2 Å². The molecule has 1 heterocycles. The summed E-state index contributed by atoms with van der Waals surface area (Å²) >= 11 is 12.3. The van der Waals surface area contributed by atoms with Crippen molar-refractivity contribution in [3.63, 3.8) is 0 Å². The van der Waals surface area contributed by atoms with Gasteiger partial charge in [0.15, 0.2) is 0 Å². The van der Waals surface area contributed by atoms with Crippen LogP contribution in [0.4, 0.5) is 11.4 Å². The highest BCUT2D eigenvalue weighted by Gasteiger charge is 2.36. The molecule has 160 valence electrons. The van der Waals surface area contributed by atoms with Crippen LogP contribution in [0.1, 0.15) is 28.4 Å². The van der Waals surface area contributed by atoms with Gasteiger partial charge in [0.2, 0.25) is 0 Å². The zero-order valence-corrected chi connectivity index (χ0v) is 19.2. The number of para-hydroxylation sites is 1. The Morgan fingerprint density at radius 1 is 1.03 bits per heavy atom. The molecule has 0 saturated heterocycles. The average Bonchev–Trinajstić information content (AvgIpc) is 3.06. The first-order valence-corrected chi connectivity index (χ1v) is 11.9. The van der Waals surface area contributed by atoms with E-state index in [4.69, 9.17) is 23.2 Å². The average molecular weight is 475 g/mol. The lowest BCUT2D eigenvalue weighted by atomic mass is 10.1. The molecule has 8 heteroatoms. The lowest BCUT2D eigenvalue weighted by molar-refractivity contribution is 0.102. The highest BCUT2D eigenvalue weighted by atomic mass is 35.5. The van der Waals surface area contributed by atoms with Gasteiger partial charge in [0.05, 0.1) is 26.3 Å². The second-order valence-electron chi connectivity index (χ2n) is 7.56. The number of anilines is 2. The summed E-state index contributed by atoms with van der Waals surface area (Å²) in [5, 5.41) is 3.41. The predicted molar refractivity (Wildman–Crippen MR) is 125 cm³/mol. The van der Waals surface area contributed by atoms with E-state index in [0.29, 0.717) is 33.4 Å². The van der Waals surface area contributed by atoms with Crippen LogP contribution in [-0.2, 0) is 16.4 Å². The van der Waals surface area contributed by atoms with E-state index >= 15 is 0 Å².